The Hall–Kier alpha value is -0.795. The van der Waals surface area contributed by atoms with E-state index in [-0.39, 0.29) is 18.3 Å². The van der Waals surface area contributed by atoms with Crippen LogP contribution in [-0.2, 0) is 9.31 Å². The highest BCUT2D eigenvalue weighted by molar-refractivity contribution is 6.62. The zero-order valence-electron chi connectivity index (χ0n) is 12.6. The van der Waals surface area contributed by atoms with Gasteiger partial charge in [0.05, 0.1) is 11.2 Å². The third-order valence-electron chi connectivity index (χ3n) is 4.84. The molecule has 1 aromatic rings. The molecule has 3 rings (SSSR count). The molecule has 0 spiro atoms. The summed E-state index contributed by atoms with van der Waals surface area (Å²) in [5.41, 5.74) is 3.48. The Labute approximate surface area is 116 Å². The second-order valence-electron chi connectivity index (χ2n) is 6.98. The minimum atomic E-state index is -0.263. The van der Waals surface area contributed by atoms with Gasteiger partial charge in [-0.15, -0.1) is 0 Å². The molecular formula is C16H23BO2. The number of benzene rings is 1. The van der Waals surface area contributed by atoms with Crippen molar-refractivity contribution in [2.24, 2.45) is 0 Å². The molecule has 2 aliphatic rings. The molecule has 1 aromatic carbocycles. The summed E-state index contributed by atoms with van der Waals surface area (Å²) in [6.45, 7) is 10.6. The summed E-state index contributed by atoms with van der Waals surface area (Å²) in [4.78, 5) is 0. The SMILES string of the molecule is Cc1cc(B2OC(C)(C)C(C)(C)O2)ccc1C1CC1. The molecule has 1 saturated heterocycles. The Morgan fingerprint density at radius 1 is 1.05 bits per heavy atom. The Bertz CT molecular complexity index is 487. The zero-order valence-corrected chi connectivity index (χ0v) is 12.6. The smallest absolute Gasteiger partial charge is 0.399 e. The van der Waals surface area contributed by atoms with Gasteiger partial charge in [0.1, 0.15) is 0 Å². The van der Waals surface area contributed by atoms with Gasteiger partial charge in [-0.1, -0.05) is 18.2 Å². The van der Waals surface area contributed by atoms with E-state index in [0.29, 0.717) is 0 Å². The predicted octanol–water partition coefficient (Wildman–Crippen LogP) is 3.17. The molecule has 0 bridgehead atoms. The van der Waals surface area contributed by atoms with E-state index >= 15 is 0 Å². The molecule has 1 heterocycles. The average molecular weight is 258 g/mol. The predicted molar refractivity (Wildman–Crippen MR) is 78.9 cm³/mol. The number of hydrogen-bond donors (Lipinski definition) is 0. The summed E-state index contributed by atoms with van der Waals surface area (Å²) in [6.07, 6.45) is 2.69. The Morgan fingerprint density at radius 2 is 1.63 bits per heavy atom. The highest BCUT2D eigenvalue weighted by Crippen LogP contribution is 2.41. The number of rotatable bonds is 2. The van der Waals surface area contributed by atoms with Gasteiger partial charge in [0.2, 0.25) is 0 Å². The first-order valence-electron chi connectivity index (χ1n) is 7.26. The standard InChI is InChI=1S/C16H23BO2/c1-11-10-13(8-9-14(11)12-6-7-12)17-18-15(2,3)16(4,5)19-17/h8-10,12H,6-7H2,1-5H3. The molecule has 2 fully saturated rings. The van der Waals surface area contributed by atoms with E-state index in [1.54, 1.807) is 0 Å². The molecular weight excluding hydrogens is 235 g/mol. The first kappa shape index (κ1) is 13.2. The van der Waals surface area contributed by atoms with Gasteiger partial charge in [-0.3, -0.25) is 0 Å². The molecule has 1 aliphatic heterocycles. The van der Waals surface area contributed by atoms with Crippen LogP contribution >= 0.6 is 0 Å². The molecule has 102 valence electrons. The second-order valence-corrected chi connectivity index (χ2v) is 6.98. The lowest BCUT2D eigenvalue weighted by Crippen LogP contribution is -2.41. The van der Waals surface area contributed by atoms with Gasteiger partial charge in [0.25, 0.3) is 0 Å². The van der Waals surface area contributed by atoms with Crippen LogP contribution in [-0.4, -0.2) is 18.3 Å². The Balaban J connectivity index is 1.86. The highest BCUT2D eigenvalue weighted by Gasteiger charge is 2.51. The molecule has 1 saturated carbocycles. The van der Waals surface area contributed by atoms with Crippen molar-refractivity contribution < 1.29 is 9.31 Å². The molecule has 3 heteroatoms. The van der Waals surface area contributed by atoms with Crippen molar-refractivity contribution >= 4 is 12.6 Å². The van der Waals surface area contributed by atoms with Crippen LogP contribution in [0.15, 0.2) is 18.2 Å². The molecule has 0 aromatic heterocycles. The molecule has 1 aliphatic carbocycles. The Kier molecular flexibility index (Phi) is 2.85. The number of hydrogen-bond acceptors (Lipinski definition) is 2. The molecule has 0 amide bonds. The average Bonchev–Trinajstić information content (AvgIpc) is 3.07. The van der Waals surface area contributed by atoms with E-state index in [1.165, 1.54) is 24.0 Å². The van der Waals surface area contributed by atoms with E-state index in [4.69, 9.17) is 9.31 Å². The van der Waals surface area contributed by atoms with Crippen LogP contribution in [0.4, 0.5) is 0 Å². The number of aryl methyl sites for hydroxylation is 1. The van der Waals surface area contributed by atoms with Crippen molar-refractivity contribution in [2.45, 2.75) is 64.6 Å². The van der Waals surface area contributed by atoms with Crippen LogP contribution in [0.2, 0.25) is 0 Å². The summed E-state index contributed by atoms with van der Waals surface area (Å²) in [5, 5.41) is 0. The fourth-order valence-electron chi connectivity index (χ4n) is 2.68. The van der Waals surface area contributed by atoms with Crippen LogP contribution in [0.1, 0.15) is 57.6 Å². The zero-order chi connectivity index (χ0) is 13.8. The molecule has 19 heavy (non-hydrogen) atoms. The van der Waals surface area contributed by atoms with Gasteiger partial charge in [0.15, 0.2) is 0 Å². The quantitative estimate of drug-likeness (QED) is 0.758. The third kappa shape index (κ3) is 2.23. The van der Waals surface area contributed by atoms with Gasteiger partial charge in [-0.05, 0) is 70.0 Å². The van der Waals surface area contributed by atoms with Gasteiger partial charge in [-0.25, -0.2) is 0 Å². The largest absolute Gasteiger partial charge is 0.494 e. The van der Waals surface area contributed by atoms with Crippen molar-refractivity contribution in [2.75, 3.05) is 0 Å². The fourth-order valence-corrected chi connectivity index (χ4v) is 2.68. The van der Waals surface area contributed by atoms with Gasteiger partial charge in [-0.2, -0.15) is 0 Å². The first-order valence-corrected chi connectivity index (χ1v) is 7.26. The Morgan fingerprint density at radius 3 is 2.11 bits per heavy atom. The maximum absolute atomic E-state index is 6.10. The minimum absolute atomic E-state index is 0.239. The maximum atomic E-state index is 6.10. The summed E-state index contributed by atoms with van der Waals surface area (Å²) >= 11 is 0. The van der Waals surface area contributed by atoms with Crippen LogP contribution in [0.5, 0.6) is 0 Å². The van der Waals surface area contributed by atoms with Gasteiger partial charge < -0.3 is 9.31 Å². The third-order valence-corrected chi connectivity index (χ3v) is 4.84. The van der Waals surface area contributed by atoms with Crippen molar-refractivity contribution in [1.82, 2.24) is 0 Å². The molecule has 0 unspecified atom stereocenters. The van der Waals surface area contributed by atoms with Crippen LogP contribution in [0.25, 0.3) is 0 Å². The van der Waals surface area contributed by atoms with Crippen molar-refractivity contribution in [3.63, 3.8) is 0 Å². The van der Waals surface area contributed by atoms with Crippen molar-refractivity contribution in [1.29, 1.82) is 0 Å². The summed E-state index contributed by atoms with van der Waals surface area (Å²) in [6, 6.07) is 6.66. The molecule has 2 nitrogen and oxygen atoms in total. The summed E-state index contributed by atoms with van der Waals surface area (Å²) in [5.74, 6) is 0.798. The lowest BCUT2D eigenvalue weighted by molar-refractivity contribution is 0.00578. The first-order chi connectivity index (χ1) is 8.80. The van der Waals surface area contributed by atoms with E-state index in [9.17, 15) is 0 Å². The lowest BCUT2D eigenvalue weighted by atomic mass is 9.77. The van der Waals surface area contributed by atoms with Crippen LogP contribution < -0.4 is 5.46 Å². The van der Waals surface area contributed by atoms with E-state index in [1.807, 2.05) is 0 Å². The summed E-state index contributed by atoms with van der Waals surface area (Å²) < 4.78 is 12.2. The normalized spacial score (nSPS) is 24.8. The second kappa shape index (κ2) is 4.10. The summed E-state index contributed by atoms with van der Waals surface area (Å²) in [7, 11) is -0.239. The molecule has 0 atom stereocenters. The van der Waals surface area contributed by atoms with Crippen LogP contribution in [0.3, 0.4) is 0 Å². The van der Waals surface area contributed by atoms with E-state index in [0.717, 1.165) is 11.4 Å². The van der Waals surface area contributed by atoms with Crippen molar-refractivity contribution in [3.8, 4) is 0 Å². The van der Waals surface area contributed by atoms with E-state index < -0.39 is 0 Å². The van der Waals surface area contributed by atoms with Crippen LogP contribution in [0, 0.1) is 6.92 Å². The van der Waals surface area contributed by atoms with Gasteiger partial charge >= 0.3 is 7.12 Å². The van der Waals surface area contributed by atoms with E-state index in [2.05, 4.69) is 52.8 Å². The lowest BCUT2D eigenvalue weighted by Gasteiger charge is -2.32. The van der Waals surface area contributed by atoms with Gasteiger partial charge in [0, 0.05) is 0 Å². The highest BCUT2D eigenvalue weighted by atomic mass is 16.7. The van der Waals surface area contributed by atoms with Crippen molar-refractivity contribution in [3.05, 3.63) is 29.3 Å². The molecule has 0 radical (unpaired) electrons. The fraction of sp³-hybridized carbons (Fsp3) is 0.625. The minimum Gasteiger partial charge on any atom is -0.399 e. The maximum Gasteiger partial charge on any atom is 0.494 e. The molecule has 0 N–H and O–H groups in total. The monoisotopic (exact) mass is 258 g/mol. The topological polar surface area (TPSA) is 18.5 Å².